The van der Waals surface area contributed by atoms with Gasteiger partial charge in [-0.3, -0.25) is 14.5 Å². The molecule has 9 nitrogen and oxygen atoms in total. The zero-order valence-electron chi connectivity index (χ0n) is 28.3. The third kappa shape index (κ3) is 7.19. The number of aromatic nitrogens is 1. The number of carboxylic acid groups (broad SMARTS) is 1. The largest absolute Gasteiger partial charge is 0.478 e. The number of hydrogen-bond acceptors (Lipinski definition) is 7. The van der Waals surface area contributed by atoms with Gasteiger partial charge < -0.3 is 15.3 Å². The molecular weight excluding hydrogens is 671 g/mol. The van der Waals surface area contributed by atoms with Crippen molar-refractivity contribution >= 4 is 68.8 Å². The Morgan fingerprint density at radius 3 is 2.15 bits per heavy atom. The number of nitrogens with one attached hydrogen (secondary N) is 1. The van der Waals surface area contributed by atoms with Crippen molar-refractivity contribution in [3.05, 3.63) is 162 Å². The zero-order valence-corrected chi connectivity index (χ0v) is 29.1. The summed E-state index contributed by atoms with van der Waals surface area (Å²) in [4.78, 5) is 53.1. The standard InChI is InChI=1S/C42H33N5O4S/c1-46(2)31-23-17-27(18-24-31)25-37-40(49)47(32-13-7-4-8-14-32)42(45-37)52-38(29-11-5-3-6-12-29)39(48)43-30-21-19-28(20-22-30)36-26-34(41(50)51)33-15-9-10-16-35(33)44-36/h3-26,38H,1-2H3,(H,43,48)(H,50,51)/b37-25-. The lowest BCUT2D eigenvalue weighted by molar-refractivity contribution is -0.116. The molecule has 52 heavy (non-hydrogen) atoms. The Labute approximate surface area is 305 Å². The van der Waals surface area contributed by atoms with Crippen LogP contribution in [0.15, 0.2) is 150 Å². The molecule has 7 rings (SSSR count). The number of para-hydroxylation sites is 2. The van der Waals surface area contributed by atoms with Gasteiger partial charge in [-0.05, 0) is 65.7 Å². The maximum absolute atomic E-state index is 14.1. The summed E-state index contributed by atoms with van der Waals surface area (Å²) in [5, 5.41) is 13.0. The quantitative estimate of drug-likeness (QED) is 0.145. The smallest absolute Gasteiger partial charge is 0.336 e. The second-order valence-electron chi connectivity index (χ2n) is 12.2. The fourth-order valence-electron chi connectivity index (χ4n) is 5.85. The van der Waals surface area contributed by atoms with Crippen molar-refractivity contribution in [2.75, 3.05) is 29.2 Å². The van der Waals surface area contributed by atoms with Gasteiger partial charge in [0.1, 0.15) is 10.9 Å². The predicted molar refractivity (Wildman–Crippen MR) is 210 cm³/mol. The van der Waals surface area contributed by atoms with E-state index in [9.17, 15) is 19.5 Å². The Balaban J connectivity index is 1.18. The molecule has 0 radical (unpaired) electrons. The van der Waals surface area contributed by atoms with Gasteiger partial charge in [0, 0.05) is 36.4 Å². The Bertz CT molecular complexity index is 2340. The van der Waals surface area contributed by atoms with E-state index in [1.807, 2.05) is 110 Å². The van der Waals surface area contributed by atoms with Crippen molar-refractivity contribution in [1.29, 1.82) is 0 Å². The molecule has 10 heteroatoms. The van der Waals surface area contributed by atoms with Crippen molar-refractivity contribution in [1.82, 2.24) is 4.98 Å². The molecule has 0 saturated heterocycles. The number of anilines is 3. The average Bonchev–Trinajstić information content (AvgIpc) is 3.47. The maximum atomic E-state index is 14.1. The van der Waals surface area contributed by atoms with E-state index in [-0.39, 0.29) is 23.1 Å². The number of fused-ring (bicyclic) bond motifs is 1. The number of thioether (sulfide) groups is 1. The number of carbonyl (C=O) groups excluding carboxylic acids is 2. The van der Waals surface area contributed by atoms with Crippen molar-refractivity contribution in [3.8, 4) is 11.3 Å². The molecule has 0 saturated carbocycles. The summed E-state index contributed by atoms with van der Waals surface area (Å²) >= 11 is 1.20. The number of rotatable bonds is 9. The second-order valence-corrected chi connectivity index (χ2v) is 13.3. The van der Waals surface area contributed by atoms with Crippen LogP contribution in [0.3, 0.4) is 0 Å². The number of carboxylic acids is 1. The van der Waals surface area contributed by atoms with Crippen LogP contribution in [0.1, 0.15) is 26.7 Å². The van der Waals surface area contributed by atoms with Crippen LogP contribution in [0, 0.1) is 0 Å². The van der Waals surface area contributed by atoms with Gasteiger partial charge in [0.25, 0.3) is 5.91 Å². The van der Waals surface area contributed by atoms with Crippen molar-refractivity contribution < 1.29 is 19.5 Å². The first-order valence-corrected chi connectivity index (χ1v) is 17.4. The van der Waals surface area contributed by atoms with Crippen molar-refractivity contribution in [3.63, 3.8) is 0 Å². The Morgan fingerprint density at radius 2 is 1.48 bits per heavy atom. The van der Waals surface area contributed by atoms with Crippen LogP contribution in [-0.4, -0.2) is 47.1 Å². The molecule has 0 aliphatic carbocycles. The van der Waals surface area contributed by atoms with E-state index in [1.165, 1.54) is 11.8 Å². The Morgan fingerprint density at radius 1 is 0.827 bits per heavy atom. The summed E-state index contributed by atoms with van der Waals surface area (Å²) in [5.74, 6) is -1.63. The average molecular weight is 704 g/mol. The minimum absolute atomic E-state index is 0.166. The molecule has 1 unspecified atom stereocenters. The molecule has 256 valence electrons. The highest BCUT2D eigenvalue weighted by Crippen LogP contribution is 2.38. The lowest BCUT2D eigenvalue weighted by Gasteiger charge is -2.22. The number of aromatic carboxylic acids is 1. The number of amides is 2. The van der Waals surface area contributed by atoms with E-state index in [0.717, 1.165) is 16.8 Å². The third-order valence-corrected chi connectivity index (χ3v) is 9.72. The first-order valence-electron chi connectivity index (χ1n) is 16.5. The highest BCUT2D eigenvalue weighted by molar-refractivity contribution is 8.15. The van der Waals surface area contributed by atoms with E-state index >= 15 is 0 Å². The molecule has 2 N–H and O–H groups in total. The van der Waals surface area contributed by atoms with Crippen molar-refractivity contribution in [2.45, 2.75) is 5.25 Å². The number of carbonyl (C=O) groups is 3. The van der Waals surface area contributed by atoms with Gasteiger partial charge in [-0.2, -0.15) is 0 Å². The monoisotopic (exact) mass is 703 g/mol. The molecule has 0 fully saturated rings. The van der Waals surface area contributed by atoms with E-state index in [4.69, 9.17) is 4.99 Å². The summed E-state index contributed by atoms with van der Waals surface area (Å²) in [7, 11) is 3.94. The van der Waals surface area contributed by atoms with E-state index in [0.29, 0.717) is 38.7 Å². The topological polar surface area (TPSA) is 115 Å². The molecule has 2 heterocycles. The minimum atomic E-state index is -1.03. The van der Waals surface area contributed by atoms with Gasteiger partial charge in [-0.1, -0.05) is 103 Å². The molecule has 1 aliphatic rings. The normalized spacial score (nSPS) is 14.0. The fraction of sp³-hybridized carbons (Fsp3) is 0.0714. The Kier molecular flexibility index (Phi) is 9.64. The lowest BCUT2D eigenvalue weighted by Crippen LogP contribution is -2.32. The summed E-state index contributed by atoms with van der Waals surface area (Å²) in [6.07, 6.45) is 1.76. The van der Waals surface area contributed by atoms with Crippen LogP contribution in [0.5, 0.6) is 0 Å². The molecule has 2 amide bonds. The Hall–Kier alpha value is -6.52. The lowest BCUT2D eigenvalue weighted by atomic mass is 10.0. The first-order chi connectivity index (χ1) is 25.2. The van der Waals surface area contributed by atoms with Crippen LogP contribution in [0.4, 0.5) is 17.1 Å². The summed E-state index contributed by atoms with van der Waals surface area (Å²) in [5.41, 5.74) is 6.01. The fourth-order valence-corrected chi connectivity index (χ4v) is 6.96. The van der Waals surface area contributed by atoms with Gasteiger partial charge in [0.2, 0.25) is 5.91 Å². The molecule has 1 atom stereocenters. The maximum Gasteiger partial charge on any atom is 0.336 e. The third-order valence-electron chi connectivity index (χ3n) is 8.52. The van der Waals surface area contributed by atoms with Crippen LogP contribution in [0.25, 0.3) is 28.2 Å². The van der Waals surface area contributed by atoms with Gasteiger partial charge >= 0.3 is 5.97 Å². The van der Waals surface area contributed by atoms with Gasteiger partial charge in [0.05, 0.1) is 22.5 Å². The summed E-state index contributed by atoms with van der Waals surface area (Å²) in [6, 6.07) is 42.3. The second kappa shape index (κ2) is 14.8. The van der Waals surface area contributed by atoms with Gasteiger partial charge in [0.15, 0.2) is 5.17 Å². The van der Waals surface area contributed by atoms with E-state index in [1.54, 1.807) is 59.5 Å². The molecule has 1 aromatic heterocycles. The number of aliphatic imine (C=N–C) groups is 1. The molecule has 5 aromatic carbocycles. The van der Waals surface area contributed by atoms with E-state index in [2.05, 4.69) is 10.3 Å². The summed E-state index contributed by atoms with van der Waals surface area (Å²) in [6.45, 7) is 0. The van der Waals surface area contributed by atoms with Gasteiger partial charge in [-0.25, -0.2) is 14.8 Å². The van der Waals surface area contributed by atoms with Crippen LogP contribution in [0.2, 0.25) is 0 Å². The highest BCUT2D eigenvalue weighted by Gasteiger charge is 2.36. The molecular formula is C42H33N5O4S. The van der Waals surface area contributed by atoms with Crippen LogP contribution in [-0.2, 0) is 9.59 Å². The van der Waals surface area contributed by atoms with Gasteiger partial charge in [-0.15, -0.1) is 0 Å². The van der Waals surface area contributed by atoms with Crippen LogP contribution >= 0.6 is 11.8 Å². The number of hydrogen-bond donors (Lipinski definition) is 2. The van der Waals surface area contributed by atoms with E-state index < -0.39 is 11.2 Å². The van der Waals surface area contributed by atoms with Crippen molar-refractivity contribution in [2.24, 2.45) is 4.99 Å². The summed E-state index contributed by atoms with van der Waals surface area (Å²) < 4.78 is 0. The number of benzene rings is 5. The zero-order chi connectivity index (χ0) is 36.2. The minimum Gasteiger partial charge on any atom is -0.478 e. The predicted octanol–water partition coefficient (Wildman–Crippen LogP) is 8.52. The number of amidine groups is 1. The van der Waals surface area contributed by atoms with Crippen LogP contribution < -0.4 is 15.1 Å². The number of pyridine rings is 1. The molecule has 1 aliphatic heterocycles. The molecule has 6 aromatic rings. The first kappa shape index (κ1) is 34.0. The number of nitrogens with zero attached hydrogens (tertiary/aromatic N) is 4. The molecule has 0 spiro atoms. The SMILES string of the molecule is CN(C)c1ccc(/C=C2\N=C(SC(C(=O)Nc3ccc(-c4cc(C(=O)O)c5ccccc5n4)cc3)c3ccccc3)N(c3ccccc3)C2=O)cc1. The highest BCUT2D eigenvalue weighted by atomic mass is 32.2. The molecule has 0 bridgehead atoms.